The maximum absolute atomic E-state index is 12.2. The number of amides is 1. The minimum atomic E-state index is -1.44. The largest absolute Gasteiger partial charge is 0.478 e. The number of hydrogen-bond donors (Lipinski definition) is 4. The third-order valence-electron chi connectivity index (χ3n) is 5.40. The van der Waals surface area contributed by atoms with Crippen LogP contribution in [0.25, 0.3) is 11.1 Å². The summed E-state index contributed by atoms with van der Waals surface area (Å²) in [6.45, 7) is -0.154. The van der Waals surface area contributed by atoms with Gasteiger partial charge in [-0.2, -0.15) is 11.3 Å². The SMILES string of the molecule is O=C(NCC(O)C(O)c1cscc1C(=O)O)OCC1c2ccccc2-c2ccccc21. The van der Waals surface area contributed by atoms with E-state index in [9.17, 15) is 19.8 Å². The molecular formula is C23H21NO6S. The Labute approximate surface area is 182 Å². The standard InChI is InChI=1S/C23H21NO6S/c25-20(21(26)18-11-31-12-19(18)22(27)28)9-24-23(29)30-10-17-15-7-3-1-5-13(15)14-6-2-4-8-16(14)17/h1-8,11-12,17,20-21,25-26H,9-10H2,(H,24,29)(H,27,28). The highest BCUT2D eigenvalue weighted by Gasteiger charge is 2.29. The second-order valence-electron chi connectivity index (χ2n) is 7.26. The molecule has 2 aromatic carbocycles. The number of carbonyl (C=O) groups excluding carboxylic acids is 1. The average molecular weight is 439 g/mol. The second-order valence-corrected chi connectivity index (χ2v) is 8.01. The molecule has 0 radical (unpaired) electrons. The first-order chi connectivity index (χ1) is 15.0. The van der Waals surface area contributed by atoms with Crippen LogP contribution in [0.1, 0.15) is 39.1 Å². The highest BCUT2D eigenvalue weighted by Crippen LogP contribution is 2.44. The number of aromatic carboxylic acids is 1. The predicted molar refractivity (Wildman–Crippen MR) is 115 cm³/mol. The molecule has 1 amide bonds. The number of carboxylic acid groups (broad SMARTS) is 1. The zero-order chi connectivity index (χ0) is 22.0. The van der Waals surface area contributed by atoms with Crippen LogP contribution in [0.3, 0.4) is 0 Å². The predicted octanol–water partition coefficient (Wildman–Crippen LogP) is 3.38. The third-order valence-corrected chi connectivity index (χ3v) is 6.17. The van der Waals surface area contributed by atoms with Gasteiger partial charge in [0.1, 0.15) is 18.8 Å². The fourth-order valence-electron chi connectivity index (χ4n) is 3.87. The summed E-state index contributed by atoms with van der Waals surface area (Å²) in [6, 6.07) is 16.0. The number of ether oxygens (including phenoxy) is 1. The fraction of sp³-hybridized carbons (Fsp3) is 0.217. The van der Waals surface area contributed by atoms with Crippen LogP contribution >= 0.6 is 11.3 Å². The van der Waals surface area contributed by atoms with Gasteiger partial charge in [0, 0.05) is 23.4 Å². The molecule has 160 valence electrons. The van der Waals surface area contributed by atoms with Gasteiger partial charge in [-0.1, -0.05) is 48.5 Å². The van der Waals surface area contributed by atoms with Crippen LogP contribution in [0.4, 0.5) is 4.79 Å². The van der Waals surface area contributed by atoms with Gasteiger partial charge in [0.15, 0.2) is 0 Å². The Balaban J connectivity index is 1.35. The van der Waals surface area contributed by atoms with Gasteiger partial charge in [0.2, 0.25) is 0 Å². The number of hydrogen-bond acceptors (Lipinski definition) is 6. The number of aliphatic hydroxyl groups is 2. The molecule has 8 heteroatoms. The lowest BCUT2D eigenvalue weighted by molar-refractivity contribution is 0.0178. The van der Waals surface area contributed by atoms with Crippen LogP contribution in [-0.2, 0) is 4.74 Å². The number of fused-ring (bicyclic) bond motifs is 3. The number of carboxylic acids is 1. The zero-order valence-corrected chi connectivity index (χ0v) is 17.2. The lowest BCUT2D eigenvalue weighted by atomic mass is 9.98. The Morgan fingerprint density at radius 3 is 2.23 bits per heavy atom. The third kappa shape index (κ3) is 4.18. The van der Waals surface area contributed by atoms with Gasteiger partial charge in [-0.05, 0) is 27.6 Å². The minimum Gasteiger partial charge on any atom is -0.478 e. The molecule has 1 aliphatic rings. The lowest BCUT2D eigenvalue weighted by Gasteiger charge is -2.19. The number of rotatable bonds is 7. The number of alkyl carbamates (subject to hydrolysis) is 1. The monoisotopic (exact) mass is 439 g/mol. The van der Waals surface area contributed by atoms with Crippen LogP contribution in [0.15, 0.2) is 59.3 Å². The molecule has 4 N–H and O–H groups in total. The first-order valence-corrected chi connectivity index (χ1v) is 10.7. The van der Waals surface area contributed by atoms with E-state index in [1.54, 1.807) is 0 Å². The van der Waals surface area contributed by atoms with Crippen molar-refractivity contribution in [2.45, 2.75) is 18.1 Å². The summed E-state index contributed by atoms with van der Waals surface area (Å²) >= 11 is 1.11. The van der Waals surface area contributed by atoms with E-state index in [1.165, 1.54) is 10.8 Å². The molecule has 2 unspecified atom stereocenters. The van der Waals surface area contributed by atoms with Gasteiger partial charge in [-0.15, -0.1) is 0 Å². The van der Waals surface area contributed by atoms with E-state index in [1.807, 2.05) is 48.5 Å². The molecule has 31 heavy (non-hydrogen) atoms. The van der Waals surface area contributed by atoms with Crippen molar-refractivity contribution in [1.82, 2.24) is 5.32 Å². The maximum Gasteiger partial charge on any atom is 0.407 e. The first kappa shape index (κ1) is 21.0. The molecule has 7 nitrogen and oxygen atoms in total. The number of benzene rings is 2. The van der Waals surface area contributed by atoms with Gasteiger partial charge in [0.05, 0.1) is 5.56 Å². The van der Waals surface area contributed by atoms with Crippen molar-refractivity contribution >= 4 is 23.4 Å². The Morgan fingerprint density at radius 2 is 1.61 bits per heavy atom. The van der Waals surface area contributed by atoms with Crippen molar-refractivity contribution in [1.29, 1.82) is 0 Å². The Kier molecular flexibility index (Phi) is 6.03. The minimum absolute atomic E-state index is 0.0716. The molecule has 0 aliphatic heterocycles. The Hall–Kier alpha value is -3.20. The van der Waals surface area contributed by atoms with E-state index < -0.39 is 24.3 Å². The van der Waals surface area contributed by atoms with Crippen molar-refractivity contribution in [3.8, 4) is 11.1 Å². The van der Waals surface area contributed by atoms with Crippen LogP contribution in [0.5, 0.6) is 0 Å². The molecule has 2 atom stereocenters. The van der Waals surface area contributed by atoms with Crippen molar-refractivity contribution in [3.63, 3.8) is 0 Å². The molecule has 1 aliphatic carbocycles. The van der Waals surface area contributed by atoms with E-state index in [0.717, 1.165) is 33.6 Å². The van der Waals surface area contributed by atoms with Crippen LogP contribution in [0.2, 0.25) is 0 Å². The molecule has 0 bridgehead atoms. The Bertz CT molecular complexity index is 1070. The van der Waals surface area contributed by atoms with Crippen LogP contribution in [-0.4, -0.2) is 46.6 Å². The quantitative estimate of drug-likeness (QED) is 0.449. The van der Waals surface area contributed by atoms with E-state index in [0.29, 0.717) is 0 Å². The molecule has 0 fully saturated rings. The topological polar surface area (TPSA) is 116 Å². The smallest absolute Gasteiger partial charge is 0.407 e. The maximum atomic E-state index is 12.2. The summed E-state index contributed by atoms with van der Waals surface area (Å²) in [5.41, 5.74) is 4.46. The number of thiophene rings is 1. The van der Waals surface area contributed by atoms with Gasteiger partial charge in [-0.3, -0.25) is 0 Å². The number of nitrogens with one attached hydrogen (secondary N) is 1. The van der Waals surface area contributed by atoms with Crippen LogP contribution < -0.4 is 5.32 Å². The molecule has 1 heterocycles. The molecule has 0 spiro atoms. The van der Waals surface area contributed by atoms with Crippen molar-refractivity contribution in [2.75, 3.05) is 13.2 Å². The van der Waals surface area contributed by atoms with E-state index in [2.05, 4.69) is 5.32 Å². The first-order valence-electron chi connectivity index (χ1n) is 9.71. The summed E-state index contributed by atoms with van der Waals surface area (Å²) in [5, 5.41) is 34.8. The molecule has 0 saturated heterocycles. The number of aliphatic hydroxyl groups excluding tert-OH is 2. The molecule has 4 rings (SSSR count). The summed E-state index contributed by atoms with van der Waals surface area (Å²) < 4.78 is 5.39. The molecular weight excluding hydrogens is 418 g/mol. The van der Waals surface area contributed by atoms with Gasteiger partial charge in [0.25, 0.3) is 0 Å². The summed E-state index contributed by atoms with van der Waals surface area (Å²) in [6.07, 6.45) is -3.55. The van der Waals surface area contributed by atoms with E-state index in [-0.39, 0.29) is 30.2 Å². The normalized spacial score (nSPS) is 14.4. The molecule has 3 aromatic rings. The average Bonchev–Trinajstić information content (AvgIpc) is 3.39. The highest BCUT2D eigenvalue weighted by molar-refractivity contribution is 7.08. The summed E-state index contributed by atoms with van der Waals surface area (Å²) in [7, 11) is 0. The number of carbonyl (C=O) groups is 2. The van der Waals surface area contributed by atoms with Gasteiger partial charge in [-0.25, -0.2) is 9.59 Å². The molecule has 0 saturated carbocycles. The lowest BCUT2D eigenvalue weighted by Crippen LogP contribution is -2.36. The van der Waals surface area contributed by atoms with Crippen molar-refractivity contribution < 1.29 is 29.6 Å². The van der Waals surface area contributed by atoms with Crippen molar-refractivity contribution in [3.05, 3.63) is 81.5 Å². The molecule has 1 aromatic heterocycles. The summed E-state index contributed by atoms with van der Waals surface area (Å²) in [4.78, 5) is 23.4. The highest BCUT2D eigenvalue weighted by atomic mass is 32.1. The van der Waals surface area contributed by atoms with Crippen molar-refractivity contribution in [2.24, 2.45) is 0 Å². The van der Waals surface area contributed by atoms with Gasteiger partial charge >= 0.3 is 12.1 Å². The fourth-order valence-corrected chi connectivity index (χ4v) is 4.72. The Morgan fingerprint density at radius 1 is 1.00 bits per heavy atom. The van der Waals surface area contributed by atoms with Gasteiger partial charge < -0.3 is 25.4 Å². The summed E-state index contributed by atoms with van der Waals surface area (Å²) in [5.74, 6) is -1.27. The van der Waals surface area contributed by atoms with E-state index >= 15 is 0 Å². The van der Waals surface area contributed by atoms with E-state index in [4.69, 9.17) is 9.84 Å². The second kappa shape index (κ2) is 8.89. The van der Waals surface area contributed by atoms with Crippen LogP contribution in [0, 0.1) is 0 Å². The zero-order valence-electron chi connectivity index (χ0n) is 16.4.